The van der Waals surface area contributed by atoms with Crippen molar-refractivity contribution in [2.75, 3.05) is 21.1 Å². The van der Waals surface area contributed by atoms with Crippen LogP contribution in [0.5, 0.6) is 0 Å². The molecule has 13 nitrogen and oxygen atoms in total. The van der Waals surface area contributed by atoms with Crippen LogP contribution >= 0.6 is 7.59 Å². The third-order valence-corrected chi connectivity index (χ3v) is 3.05. The highest BCUT2D eigenvalue weighted by Crippen LogP contribution is 2.29. The van der Waals surface area contributed by atoms with Gasteiger partial charge in [-0.25, -0.2) is 35.2 Å². The molecule has 0 saturated heterocycles. The Morgan fingerprint density at radius 1 is 0.650 bits per heavy atom. The van der Waals surface area contributed by atoms with Crippen LogP contribution in [-0.2, 0) is 4.57 Å². The molecule has 0 aromatic rings. The van der Waals surface area contributed by atoms with Crippen LogP contribution in [-0.4, -0.2) is 39.2 Å². The first-order valence-electron chi connectivity index (χ1n) is 5.22. The van der Waals surface area contributed by atoms with Crippen molar-refractivity contribution in [3.05, 3.63) is 0 Å². The molecule has 0 radical (unpaired) electrons. The van der Waals surface area contributed by atoms with Crippen LogP contribution in [0.2, 0.25) is 0 Å². The third kappa shape index (κ3) is 7.38. The molecule has 0 fully saturated rings. The fraction of sp³-hybridized carbons (Fsp3) is 0.500. The molecular weight excluding hydrogens is 293 g/mol. The molecule has 0 aliphatic heterocycles. The lowest BCUT2D eigenvalue weighted by Gasteiger charge is -2.21. The predicted molar refractivity (Wildman–Crippen MR) is 69.8 cm³/mol. The van der Waals surface area contributed by atoms with E-state index in [0.717, 1.165) is 0 Å². The van der Waals surface area contributed by atoms with Crippen LogP contribution in [0, 0.1) is 0 Å². The van der Waals surface area contributed by atoms with Crippen molar-refractivity contribution >= 4 is 25.7 Å². The maximum absolute atomic E-state index is 12.3. The van der Waals surface area contributed by atoms with Gasteiger partial charge in [-0.15, -0.1) is 0 Å². The Kier molecular flexibility index (Phi) is 8.00. The molecule has 0 spiro atoms. The first-order valence-corrected chi connectivity index (χ1v) is 6.92. The lowest BCUT2D eigenvalue weighted by Crippen LogP contribution is -2.52. The number of carbonyl (C=O) groups excluding carboxylic acids is 3. The summed E-state index contributed by atoms with van der Waals surface area (Å²) >= 11 is 0. The Labute approximate surface area is 114 Å². The third-order valence-electron chi connectivity index (χ3n) is 1.49. The molecule has 0 aliphatic carbocycles. The highest BCUT2D eigenvalue weighted by atomic mass is 31.2. The van der Waals surface area contributed by atoms with E-state index in [0.29, 0.717) is 0 Å². The molecule has 0 bridgehead atoms. The summed E-state index contributed by atoms with van der Waals surface area (Å²) in [5.41, 5.74) is 13.0. The number of nitrogens with one attached hydrogen (secondary N) is 9. The summed E-state index contributed by atoms with van der Waals surface area (Å²) in [6.45, 7) is 0. The Morgan fingerprint density at radius 3 is 1.10 bits per heavy atom. The van der Waals surface area contributed by atoms with Crippen molar-refractivity contribution in [2.24, 2.45) is 0 Å². The summed E-state index contributed by atoms with van der Waals surface area (Å²) in [5, 5.41) is 5.75. The monoisotopic (exact) mass is 311 g/mol. The van der Waals surface area contributed by atoms with Crippen LogP contribution in [0.3, 0.4) is 0 Å². The highest BCUT2D eigenvalue weighted by molar-refractivity contribution is 7.59. The zero-order valence-electron chi connectivity index (χ0n) is 11.1. The van der Waals surface area contributed by atoms with Gasteiger partial charge in [0.15, 0.2) is 0 Å². The van der Waals surface area contributed by atoms with E-state index in [9.17, 15) is 18.9 Å². The van der Waals surface area contributed by atoms with Crippen molar-refractivity contribution in [1.82, 2.24) is 47.8 Å². The summed E-state index contributed by atoms with van der Waals surface area (Å²) in [5.74, 6) is 0. The number of hydrogen-bond acceptors (Lipinski definition) is 7. The Balaban J connectivity index is 4.83. The van der Waals surface area contributed by atoms with E-state index < -0.39 is 25.7 Å². The second-order valence-electron chi connectivity index (χ2n) is 3.06. The van der Waals surface area contributed by atoms with E-state index in [-0.39, 0.29) is 0 Å². The Bertz CT molecular complexity index is 345. The van der Waals surface area contributed by atoms with Gasteiger partial charge in [0.1, 0.15) is 0 Å². The van der Waals surface area contributed by atoms with Crippen LogP contribution in [0.25, 0.3) is 0 Å². The second-order valence-corrected chi connectivity index (χ2v) is 4.95. The molecule has 116 valence electrons. The largest absolute Gasteiger partial charge is 0.363 e. The molecule has 0 saturated carbocycles. The van der Waals surface area contributed by atoms with Gasteiger partial charge >= 0.3 is 25.7 Å². The molecule has 20 heavy (non-hydrogen) atoms. The normalized spacial score (nSPS) is 10.2. The minimum atomic E-state index is -4.08. The molecule has 0 aromatic heterocycles. The SMILES string of the molecule is CNNC(=O)NP(=O)(NC(=O)NNC)NC(=O)NNC. The van der Waals surface area contributed by atoms with E-state index >= 15 is 0 Å². The topological polar surface area (TPSA) is 177 Å². The van der Waals surface area contributed by atoms with Crippen molar-refractivity contribution in [2.45, 2.75) is 0 Å². The molecule has 0 heterocycles. The number of urea groups is 3. The molecule has 6 amide bonds. The fourth-order valence-electron chi connectivity index (χ4n) is 0.937. The number of hydrogen-bond donors (Lipinski definition) is 9. The fourth-order valence-corrected chi connectivity index (χ4v) is 2.13. The van der Waals surface area contributed by atoms with Crippen LogP contribution < -0.4 is 47.8 Å². The molecule has 9 N–H and O–H groups in total. The number of amides is 6. The summed E-state index contributed by atoms with van der Waals surface area (Å²) < 4.78 is 12.3. The van der Waals surface area contributed by atoms with Crippen molar-refractivity contribution in [3.8, 4) is 0 Å². The Hall–Kier alpha value is -2.08. The molecule has 0 aliphatic rings. The first kappa shape index (κ1) is 17.9. The van der Waals surface area contributed by atoms with Gasteiger partial charge in [-0.1, -0.05) is 0 Å². The molecule has 0 aromatic carbocycles. The van der Waals surface area contributed by atoms with Gasteiger partial charge in [0.2, 0.25) is 0 Å². The minimum absolute atomic E-state index is 0.926. The number of rotatable bonds is 6. The molecule has 0 unspecified atom stereocenters. The van der Waals surface area contributed by atoms with E-state index in [1.165, 1.54) is 21.1 Å². The summed E-state index contributed by atoms with van der Waals surface area (Å²) in [6.07, 6.45) is 0. The van der Waals surface area contributed by atoms with Gasteiger partial charge in [-0.3, -0.25) is 31.5 Å². The average Bonchev–Trinajstić information content (AvgIpc) is 2.28. The van der Waals surface area contributed by atoms with Gasteiger partial charge < -0.3 is 0 Å². The lowest BCUT2D eigenvalue weighted by atomic mass is 11.1. The maximum Gasteiger partial charge on any atom is 0.363 e. The van der Waals surface area contributed by atoms with Crippen molar-refractivity contribution < 1.29 is 18.9 Å². The van der Waals surface area contributed by atoms with Gasteiger partial charge in [-0.2, -0.15) is 0 Å². The maximum atomic E-state index is 12.3. The second kappa shape index (κ2) is 8.92. The smallest absolute Gasteiger partial charge is 0.273 e. The number of carbonyl (C=O) groups is 3. The zero-order valence-corrected chi connectivity index (χ0v) is 12.0. The Morgan fingerprint density at radius 2 is 0.900 bits per heavy atom. The van der Waals surface area contributed by atoms with E-state index in [1.54, 1.807) is 0 Å². The minimum Gasteiger partial charge on any atom is -0.273 e. The van der Waals surface area contributed by atoms with Gasteiger partial charge in [-0.05, 0) is 0 Å². The lowest BCUT2D eigenvalue weighted by molar-refractivity contribution is 0.239. The van der Waals surface area contributed by atoms with Crippen LogP contribution in [0.15, 0.2) is 0 Å². The van der Waals surface area contributed by atoms with E-state index in [4.69, 9.17) is 0 Å². The summed E-state index contributed by atoms with van der Waals surface area (Å²) in [7, 11) is 0.104. The van der Waals surface area contributed by atoms with Crippen molar-refractivity contribution in [3.63, 3.8) is 0 Å². The van der Waals surface area contributed by atoms with Crippen LogP contribution in [0.4, 0.5) is 14.4 Å². The van der Waals surface area contributed by atoms with E-state index in [1.807, 2.05) is 15.3 Å². The standard InChI is InChI=1S/C6H18N9O4P/c1-7-10-4(16)13-20(19,14-5(17)11-8-2)15-6(18)12-9-3/h7-9H,1-3H3,(H6,10,11,12,13,14,15,16,17,18,19). The van der Waals surface area contributed by atoms with Gasteiger partial charge in [0.25, 0.3) is 0 Å². The van der Waals surface area contributed by atoms with Gasteiger partial charge in [0, 0.05) is 21.1 Å². The summed E-state index contributed by atoms with van der Waals surface area (Å²) in [6, 6.07) is -2.78. The molecule has 14 heteroatoms. The zero-order chi connectivity index (χ0) is 15.6. The molecule has 0 rings (SSSR count). The number of hydrazine groups is 3. The highest BCUT2D eigenvalue weighted by Gasteiger charge is 2.29. The quantitative estimate of drug-likeness (QED) is 0.191. The molecular formula is C6H18N9O4P. The average molecular weight is 311 g/mol. The predicted octanol–water partition coefficient (Wildman–Crippen LogP) is -2.60. The van der Waals surface area contributed by atoms with Gasteiger partial charge in [0.05, 0.1) is 0 Å². The van der Waals surface area contributed by atoms with E-state index in [2.05, 4.69) is 32.6 Å². The first-order chi connectivity index (χ1) is 9.36. The van der Waals surface area contributed by atoms with Crippen LogP contribution in [0.1, 0.15) is 0 Å². The molecule has 0 atom stereocenters. The van der Waals surface area contributed by atoms with Crippen molar-refractivity contribution in [1.29, 1.82) is 0 Å². The summed E-state index contributed by atoms with van der Waals surface area (Å²) in [4.78, 5) is 33.9.